The Morgan fingerprint density at radius 2 is 1.93 bits per heavy atom. The molecule has 0 aliphatic heterocycles. The summed E-state index contributed by atoms with van der Waals surface area (Å²) in [7, 11) is 5.56. The Labute approximate surface area is 178 Å². The minimum Gasteiger partial charge on any atom is -0.496 e. The first-order valence-corrected chi connectivity index (χ1v) is 9.68. The second kappa shape index (κ2) is 9.55. The summed E-state index contributed by atoms with van der Waals surface area (Å²) in [4.78, 5) is 23.6. The number of aromatic nitrogens is 2. The Kier molecular flexibility index (Phi) is 7.35. The van der Waals surface area contributed by atoms with E-state index in [4.69, 9.17) is 10.00 Å². The van der Waals surface area contributed by atoms with Crippen molar-refractivity contribution in [2.45, 2.75) is 34.2 Å². The molecule has 8 nitrogen and oxygen atoms in total. The van der Waals surface area contributed by atoms with E-state index in [1.807, 2.05) is 51.9 Å². The van der Waals surface area contributed by atoms with Gasteiger partial charge in [-0.1, -0.05) is 26.8 Å². The van der Waals surface area contributed by atoms with Gasteiger partial charge in [0.25, 0.3) is 5.91 Å². The number of hydrogen-bond donors (Lipinski definition) is 1. The number of methoxy groups -OCH3 is 1. The lowest BCUT2D eigenvalue weighted by atomic mass is 9.96. The third kappa shape index (κ3) is 6.42. The normalized spacial score (nSPS) is 11.2. The number of rotatable bonds is 7. The predicted molar refractivity (Wildman–Crippen MR) is 116 cm³/mol. The van der Waals surface area contributed by atoms with E-state index < -0.39 is 0 Å². The molecule has 160 valence electrons. The predicted octanol–water partition coefficient (Wildman–Crippen LogP) is 3.24. The summed E-state index contributed by atoms with van der Waals surface area (Å²) < 4.78 is 5.51. The third-order valence-corrected chi connectivity index (χ3v) is 4.10. The molecule has 30 heavy (non-hydrogen) atoms. The average molecular weight is 411 g/mol. The molecule has 0 bridgehead atoms. The molecule has 0 aliphatic rings. The molecule has 1 aromatic carbocycles. The van der Waals surface area contributed by atoms with Crippen LogP contribution >= 0.6 is 0 Å². The van der Waals surface area contributed by atoms with E-state index in [0.29, 0.717) is 35.9 Å². The lowest BCUT2D eigenvalue weighted by Crippen LogP contribution is -2.42. The van der Waals surface area contributed by atoms with Crippen LogP contribution in [-0.2, 0) is 6.54 Å². The Morgan fingerprint density at radius 3 is 2.50 bits per heavy atom. The van der Waals surface area contributed by atoms with Crippen LogP contribution in [-0.4, -0.2) is 53.5 Å². The zero-order valence-corrected chi connectivity index (χ0v) is 18.8. The van der Waals surface area contributed by atoms with Crippen molar-refractivity contribution >= 4 is 11.7 Å². The molecule has 0 unspecified atom stereocenters. The fourth-order valence-electron chi connectivity index (χ4n) is 2.96. The minimum atomic E-state index is -0.214. The molecule has 0 spiro atoms. The lowest BCUT2D eigenvalue weighted by Gasteiger charge is -2.30. The largest absolute Gasteiger partial charge is 0.496 e. The monoisotopic (exact) mass is 410 g/mol. The van der Waals surface area contributed by atoms with Gasteiger partial charge in [0.15, 0.2) is 0 Å². The molecule has 0 atom stereocenters. The first kappa shape index (κ1) is 23.1. The summed E-state index contributed by atoms with van der Waals surface area (Å²) in [5, 5.41) is 10.7. The van der Waals surface area contributed by atoms with E-state index in [1.165, 1.54) is 5.01 Å². The molecular formula is C22H30N6O2. The number of nitrogens with zero attached hydrogens (tertiary/aromatic N) is 5. The van der Waals surface area contributed by atoms with Crippen molar-refractivity contribution in [2.75, 3.05) is 33.2 Å². The van der Waals surface area contributed by atoms with Crippen molar-refractivity contribution in [3.63, 3.8) is 0 Å². The van der Waals surface area contributed by atoms with Crippen molar-refractivity contribution < 1.29 is 9.53 Å². The Hall–Kier alpha value is -3.18. The number of hydrazine groups is 1. The quantitative estimate of drug-likeness (QED) is 0.700. The Bertz CT molecular complexity index is 944. The number of amides is 1. The van der Waals surface area contributed by atoms with Crippen LogP contribution in [0.5, 0.6) is 5.75 Å². The van der Waals surface area contributed by atoms with Gasteiger partial charge in [-0.2, -0.15) is 5.26 Å². The summed E-state index contributed by atoms with van der Waals surface area (Å²) in [6.45, 7) is 9.04. The van der Waals surface area contributed by atoms with E-state index in [1.54, 1.807) is 32.2 Å². The SMILES string of the molecule is COc1cc(C(=O)N(CC(C)(C)C)Nc2cc(C)nc(C#N)n2)ccc1CN(C)C. The molecule has 0 saturated carbocycles. The zero-order chi connectivity index (χ0) is 22.5. The molecule has 8 heteroatoms. The molecule has 0 fully saturated rings. The number of carbonyl (C=O) groups is 1. The van der Waals surface area contributed by atoms with Gasteiger partial charge in [-0.3, -0.25) is 15.2 Å². The fraction of sp³-hybridized carbons (Fsp3) is 0.455. The van der Waals surface area contributed by atoms with Crippen molar-refractivity contribution in [3.05, 3.63) is 46.9 Å². The van der Waals surface area contributed by atoms with E-state index in [-0.39, 0.29) is 17.1 Å². The van der Waals surface area contributed by atoms with Crippen LogP contribution < -0.4 is 10.2 Å². The van der Waals surface area contributed by atoms with Gasteiger partial charge < -0.3 is 9.64 Å². The van der Waals surface area contributed by atoms with E-state index in [2.05, 4.69) is 15.4 Å². The Morgan fingerprint density at radius 1 is 1.23 bits per heavy atom. The molecule has 0 saturated heterocycles. The first-order chi connectivity index (χ1) is 14.0. The summed E-state index contributed by atoms with van der Waals surface area (Å²) >= 11 is 0. The zero-order valence-electron chi connectivity index (χ0n) is 18.8. The molecule has 0 radical (unpaired) electrons. The van der Waals surface area contributed by atoms with E-state index in [9.17, 15) is 4.79 Å². The lowest BCUT2D eigenvalue weighted by molar-refractivity contribution is 0.0742. The number of benzene rings is 1. The second-order valence-electron chi connectivity index (χ2n) is 8.66. The van der Waals surface area contributed by atoms with E-state index >= 15 is 0 Å². The van der Waals surface area contributed by atoms with E-state index in [0.717, 1.165) is 5.56 Å². The number of anilines is 1. The number of nitrogens with one attached hydrogen (secondary N) is 1. The topological polar surface area (TPSA) is 94.4 Å². The molecule has 2 aromatic rings. The second-order valence-corrected chi connectivity index (χ2v) is 8.66. The fourth-order valence-corrected chi connectivity index (χ4v) is 2.96. The van der Waals surface area contributed by atoms with Crippen LogP contribution in [0.15, 0.2) is 24.3 Å². The molecule has 1 heterocycles. The maximum atomic E-state index is 13.4. The standard InChI is InChI=1S/C22H30N6O2/c1-15-10-19(25-20(12-23)24-15)26-28(14-22(2,3)4)21(29)16-8-9-17(13-27(5)6)18(11-16)30-7/h8-11H,13-14H2,1-7H3,(H,24,25,26). The smallest absolute Gasteiger partial charge is 0.272 e. The molecule has 1 aromatic heterocycles. The van der Waals surface area contributed by atoms with Crippen LogP contribution in [0.1, 0.15) is 48.2 Å². The molecular weight excluding hydrogens is 380 g/mol. The Balaban J connectivity index is 2.38. The van der Waals surface area contributed by atoms with Crippen molar-refractivity contribution in [1.82, 2.24) is 19.9 Å². The van der Waals surface area contributed by atoms with Crippen LogP contribution in [0.25, 0.3) is 0 Å². The number of carbonyl (C=O) groups excluding carboxylic acids is 1. The number of hydrogen-bond acceptors (Lipinski definition) is 7. The third-order valence-electron chi connectivity index (χ3n) is 4.10. The van der Waals surface area contributed by atoms with Gasteiger partial charge in [0, 0.05) is 36.0 Å². The summed E-state index contributed by atoms with van der Waals surface area (Å²) in [5.41, 5.74) is 5.04. The van der Waals surface area contributed by atoms with Crippen LogP contribution in [0.4, 0.5) is 5.82 Å². The van der Waals surface area contributed by atoms with Crippen molar-refractivity contribution in [1.29, 1.82) is 5.26 Å². The molecule has 2 rings (SSSR count). The van der Waals surface area contributed by atoms with Gasteiger partial charge >= 0.3 is 0 Å². The van der Waals surface area contributed by atoms with Gasteiger partial charge in [0.2, 0.25) is 5.82 Å². The van der Waals surface area contributed by atoms with Crippen LogP contribution in [0, 0.1) is 23.7 Å². The first-order valence-electron chi connectivity index (χ1n) is 9.68. The van der Waals surface area contributed by atoms with Gasteiger partial charge in [-0.25, -0.2) is 9.97 Å². The summed E-state index contributed by atoms with van der Waals surface area (Å²) in [6.07, 6.45) is 0. The van der Waals surface area contributed by atoms with Gasteiger partial charge in [-0.05, 0) is 38.6 Å². The number of nitriles is 1. The van der Waals surface area contributed by atoms with Gasteiger partial charge in [0.05, 0.1) is 7.11 Å². The van der Waals surface area contributed by atoms with Crippen molar-refractivity contribution in [2.24, 2.45) is 5.41 Å². The summed E-state index contributed by atoms with van der Waals surface area (Å²) in [5.74, 6) is 0.896. The highest BCUT2D eigenvalue weighted by Crippen LogP contribution is 2.24. The van der Waals surface area contributed by atoms with Crippen LogP contribution in [0.2, 0.25) is 0 Å². The number of aryl methyl sites for hydroxylation is 1. The molecule has 1 N–H and O–H groups in total. The highest BCUT2D eigenvalue weighted by Gasteiger charge is 2.24. The average Bonchev–Trinajstić information content (AvgIpc) is 2.65. The maximum absolute atomic E-state index is 13.4. The maximum Gasteiger partial charge on any atom is 0.272 e. The van der Waals surface area contributed by atoms with Crippen LogP contribution in [0.3, 0.4) is 0 Å². The summed E-state index contributed by atoms with van der Waals surface area (Å²) in [6, 6.07) is 9.10. The molecule has 1 amide bonds. The van der Waals surface area contributed by atoms with Crippen molar-refractivity contribution in [3.8, 4) is 11.8 Å². The van der Waals surface area contributed by atoms with Gasteiger partial charge in [-0.15, -0.1) is 0 Å². The highest BCUT2D eigenvalue weighted by atomic mass is 16.5. The van der Waals surface area contributed by atoms with Gasteiger partial charge in [0.1, 0.15) is 17.6 Å². The highest BCUT2D eigenvalue weighted by molar-refractivity contribution is 5.95. The number of ether oxygens (including phenoxy) is 1. The molecule has 0 aliphatic carbocycles. The minimum absolute atomic E-state index is 0.0513.